The maximum atomic E-state index is 11.8. The highest BCUT2D eigenvalue weighted by atomic mass is 16.5. The van der Waals surface area contributed by atoms with Crippen molar-refractivity contribution >= 4 is 23.7 Å². The highest BCUT2D eigenvalue weighted by molar-refractivity contribution is 6.35. The summed E-state index contributed by atoms with van der Waals surface area (Å²) in [4.78, 5) is 25.5. The van der Waals surface area contributed by atoms with E-state index in [1.54, 1.807) is 19.2 Å². The van der Waals surface area contributed by atoms with Crippen LogP contribution in [0, 0.1) is 0 Å². The minimum Gasteiger partial charge on any atom is -0.497 e. The number of nitrogens with zero attached hydrogens (tertiary/aromatic N) is 2. The molecule has 0 saturated heterocycles. The van der Waals surface area contributed by atoms with Crippen LogP contribution in [-0.2, 0) is 16.1 Å². The second-order valence-corrected chi connectivity index (χ2v) is 5.72. The van der Waals surface area contributed by atoms with Gasteiger partial charge in [0.15, 0.2) is 0 Å². The van der Waals surface area contributed by atoms with Crippen LogP contribution in [-0.4, -0.2) is 39.2 Å². The molecule has 2 N–H and O–H groups in total. The Bertz CT molecular complexity index is 768. The van der Waals surface area contributed by atoms with Crippen LogP contribution in [0.2, 0.25) is 0 Å². The topological polar surface area (TPSA) is 83.0 Å². The Morgan fingerprint density at radius 1 is 1.04 bits per heavy atom. The molecular weight excluding hydrogens is 332 g/mol. The predicted octanol–water partition coefficient (Wildman–Crippen LogP) is 1.53. The van der Waals surface area contributed by atoms with Crippen molar-refractivity contribution in [2.45, 2.75) is 6.54 Å². The van der Waals surface area contributed by atoms with Gasteiger partial charge >= 0.3 is 11.8 Å². The number of carbonyl (C=O) groups excluding carboxylic acids is 2. The molecule has 2 rings (SSSR count). The van der Waals surface area contributed by atoms with Crippen LogP contribution >= 0.6 is 0 Å². The number of amides is 2. The van der Waals surface area contributed by atoms with E-state index in [9.17, 15) is 9.59 Å². The van der Waals surface area contributed by atoms with Crippen LogP contribution in [0.1, 0.15) is 11.1 Å². The maximum Gasteiger partial charge on any atom is 0.329 e. The standard InChI is InChI=1S/C19H22N4O3/c1-23(2)16-8-4-15(5-9-16)13-21-22-19(25)18(24)20-12-14-6-10-17(26-3)11-7-14/h4-11,13H,12H2,1-3H3,(H,20,24)(H,22,25)/b21-13-. The molecule has 0 aromatic heterocycles. The second-order valence-electron chi connectivity index (χ2n) is 5.72. The van der Waals surface area contributed by atoms with Crippen molar-refractivity contribution in [2.24, 2.45) is 5.10 Å². The molecule has 0 atom stereocenters. The van der Waals surface area contributed by atoms with Gasteiger partial charge in [-0.1, -0.05) is 24.3 Å². The summed E-state index contributed by atoms with van der Waals surface area (Å²) < 4.78 is 5.06. The summed E-state index contributed by atoms with van der Waals surface area (Å²) in [7, 11) is 5.49. The molecule has 0 unspecified atom stereocenters. The third kappa shape index (κ3) is 5.62. The monoisotopic (exact) mass is 354 g/mol. The van der Waals surface area contributed by atoms with Gasteiger partial charge in [0, 0.05) is 26.3 Å². The number of hydrogen-bond donors (Lipinski definition) is 2. The summed E-state index contributed by atoms with van der Waals surface area (Å²) in [5, 5.41) is 6.33. The van der Waals surface area contributed by atoms with Gasteiger partial charge < -0.3 is 15.0 Å². The van der Waals surface area contributed by atoms with Crippen molar-refractivity contribution in [3.8, 4) is 5.75 Å². The van der Waals surface area contributed by atoms with Crippen molar-refractivity contribution in [1.29, 1.82) is 0 Å². The Balaban J connectivity index is 1.79. The first-order chi connectivity index (χ1) is 12.5. The van der Waals surface area contributed by atoms with Crippen LogP contribution < -0.4 is 20.4 Å². The highest BCUT2D eigenvalue weighted by Gasteiger charge is 2.11. The van der Waals surface area contributed by atoms with Gasteiger partial charge in [-0.3, -0.25) is 9.59 Å². The molecule has 2 aromatic rings. The van der Waals surface area contributed by atoms with Gasteiger partial charge in [-0.2, -0.15) is 5.10 Å². The van der Waals surface area contributed by atoms with Gasteiger partial charge in [-0.05, 0) is 35.4 Å². The maximum absolute atomic E-state index is 11.8. The third-order valence-electron chi connectivity index (χ3n) is 3.61. The average molecular weight is 354 g/mol. The highest BCUT2D eigenvalue weighted by Crippen LogP contribution is 2.11. The van der Waals surface area contributed by atoms with E-state index in [4.69, 9.17) is 4.74 Å². The fourth-order valence-corrected chi connectivity index (χ4v) is 2.08. The van der Waals surface area contributed by atoms with Crippen LogP contribution in [0.3, 0.4) is 0 Å². The van der Waals surface area contributed by atoms with Crippen molar-refractivity contribution in [3.05, 3.63) is 59.7 Å². The van der Waals surface area contributed by atoms with Crippen LogP contribution in [0.25, 0.3) is 0 Å². The van der Waals surface area contributed by atoms with Gasteiger partial charge in [0.2, 0.25) is 0 Å². The number of nitrogens with one attached hydrogen (secondary N) is 2. The lowest BCUT2D eigenvalue weighted by Crippen LogP contribution is -2.37. The summed E-state index contributed by atoms with van der Waals surface area (Å²) in [6.07, 6.45) is 1.48. The third-order valence-corrected chi connectivity index (χ3v) is 3.61. The lowest BCUT2D eigenvalue weighted by molar-refractivity contribution is -0.139. The van der Waals surface area contributed by atoms with Gasteiger partial charge in [0.1, 0.15) is 5.75 Å². The molecule has 0 fully saturated rings. The first-order valence-corrected chi connectivity index (χ1v) is 8.01. The molecule has 2 amide bonds. The molecule has 0 spiro atoms. The molecule has 26 heavy (non-hydrogen) atoms. The van der Waals surface area contributed by atoms with Gasteiger partial charge in [-0.15, -0.1) is 0 Å². The number of hydrazone groups is 1. The summed E-state index contributed by atoms with van der Waals surface area (Å²) in [5.74, 6) is -0.841. The number of methoxy groups -OCH3 is 1. The second kappa shape index (κ2) is 9.22. The van der Waals surface area contributed by atoms with Crippen molar-refractivity contribution in [3.63, 3.8) is 0 Å². The fourth-order valence-electron chi connectivity index (χ4n) is 2.08. The van der Waals surface area contributed by atoms with Crippen LogP contribution in [0.15, 0.2) is 53.6 Å². The van der Waals surface area contributed by atoms with Gasteiger partial charge in [0.25, 0.3) is 0 Å². The zero-order chi connectivity index (χ0) is 18.9. The minimum atomic E-state index is -0.820. The summed E-state index contributed by atoms with van der Waals surface area (Å²) >= 11 is 0. The Morgan fingerprint density at radius 2 is 1.69 bits per heavy atom. The largest absolute Gasteiger partial charge is 0.497 e. The first kappa shape index (κ1) is 19.0. The molecule has 0 heterocycles. The zero-order valence-electron chi connectivity index (χ0n) is 15.0. The molecule has 7 heteroatoms. The quantitative estimate of drug-likeness (QED) is 0.468. The number of rotatable bonds is 6. The van der Waals surface area contributed by atoms with Crippen molar-refractivity contribution in [2.75, 3.05) is 26.1 Å². The molecule has 2 aromatic carbocycles. The van der Waals surface area contributed by atoms with E-state index in [2.05, 4.69) is 15.8 Å². The number of anilines is 1. The Hall–Kier alpha value is -3.35. The van der Waals surface area contributed by atoms with Crippen molar-refractivity contribution < 1.29 is 14.3 Å². The SMILES string of the molecule is COc1ccc(CNC(=O)C(=O)N/N=C\c2ccc(N(C)C)cc2)cc1. The van der Waals surface area contributed by atoms with E-state index in [-0.39, 0.29) is 6.54 Å². The summed E-state index contributed by atoms with van der Waals surface area (Å²) in [6.45, 7) is 0.242. The predicted molar refractivity (Wildman–Crippen MR) is 101 cm³/mol. The molecule has 0 aliphatic rings. The van der Waals surface area contributed by atoms with Gasteiger partial charge in [-0.25, -0.2) is 5.43 Å². The van der Waals surface area contributed by atoms with E-state index < -0.39 is 11.8 Å². The summed E-state index contributed by atoms with van der Waals surface area (Å²) in [6, 6.07) is 14.8. The van der Waals surface area contributed by atoms with Gasteiger partial charge in [0.05, 0.1) is 13.3 Å². The molecule has 0 radical (unpaired) electrons. The molecular formula is C19H22N4O3. The molecule has 0 bridgehead atoms. The first-order valence-electron chi connectivity index (χ1n) is 8.01. The van der Waals surface area contributed by atoms with Crippen molar-refractivity contribution in [1.82, 2.24) is 10.7 Å². The number of benzene rings is 2. The Labute approximate surface area is 152 Å². The molecule has 0 aliphatic heterocycles. The van der Waals surface area contributed by atoms with Crippen LogP contribution in [0.4, 0.5) is 5.69 Å². The van der Waals surface area contributed by atoms with Crippen LogP contribution in [0.5, 0.6) is 5.75 Å². The van der Waals surface area contributed by atoms with E-state index in [1.165, 1.54) is 6.21 Å². The number of hydrogen-bond acceptors (Lipinski definition) is 5. The average Bonchev–Trinajstić information content (AvgIpc) is 2.66. The molecule has 7 nitrogen and oxygen atoms in total. The summed E-state index contributed by atoms with van der Waals surface area (Å²) in [5.41, 5.74) is 4.94. The molecule has 0 aliphatic carbocycles. The van der Waals surface area contributed by atoms with E-state index in [0.717, 1.165) is 22.6 Å². The fraction of sp³-hybridized carbons (Fsp3) is 0.211. The number of carbonyl (C=O) groups is 2. The minimum absolute atomic E-state index is 0.242. The van der Waals surface area contributed by atoms with E-state index >= 15 is 0 Å². The number of ether oxygens (including phenoxy) is 1. The smallest absolute Gasteiger partial charge is 0.329 e. The van der Waals surface area contributed by atoms with E-state index in [1.807, 2.05) is 55.4 Å². The van der Waals surface area contributed by atoms with E-state index in [0.29, 0.717) is 0 Å². The normalized spacial score (nSPS) is 10.4. The zero-order valence-corrected chi connectivity index (χ0v) is 15.0. The lowest BCUT2D eigenvalue weighted by atomic mass is 10.2. The lowest BCUT2D eigenvalue weighted by Gasteiger charge is -2.11. The molecule has 0 saturated carbocycles. The Kier molecular flexibility index (Phi) is 6.73. The Morgan fingerprint density at radius 3 is 2.27 bits per heavy atom. The molecule has 136 valence electrons.